The number of hydrogen-bond acceptors (Lipinski definition) is 10. The largest absolute Gasteiger partial charge is 0.456 e. The third kappa shape index (κ3) is 35.7. The van der Waals surface area contributed by atoms with Crippen LogP contribution in [0.2, 0.25) is 0 Å². The van der Waals surface area contributed by atoms with Gasteiger partial charge in [-0.3, -0.25) is 24.0 Å². The quantitative estimate of drug-likeness (QED) is 0.0836. The van der Waals surface area contributed by atoms with Crippen molar-refractivity contribution in [3.8, 4) is 0 Å². The van der Waals surface area contributed by atoms with Crippen LogP contribution in [0.4, 0.5) is 61.5 Å². The molecule has 0 rings (SSSR count). The maximum absolute atomic E-state index is 12.2. The first kappa shape index (κ1) is 69.4. The Hall–Kier alpha value is -3.63. The molecular weight excluding hydrogens is 906 g/mol. The molecule has 0 aliphatic heterocycles. The minimum absolute atomic E-state index is 0.441. The summed E-state index contributed by atoms with van der Waals surface area (Å²) in [6.45, 7) is 18.5. The molecule has 384 valence electrons. The molecule has 5 atom stereocenters. The molecule has 0 fully saturated rings. The SMILES string of the molecule is CCC(C)(C)C(=O)OC(C)C(F)(F)F.CCC(C)(C)C(=O)OC(F)CF.CCC(C)(C)C(=O)OCC(F)(F)F.CCC(C)C(=O)OC(C)C(F)(F)F.CCC(C)C(=O)OCC(F)(F)F. The minimum atomic E-state index is -4.49. The van der Waals surface area contributed by atoms with Crippen LogP contribution in [0.1, 0.15) is 136 Å². The first-order valence-electron chi connectivity index (χ1n) is 19.8. The molecule has 0 saturated heterocycles. The third-order valence-electron chi connectivity index (χ3n) is 8.94. The van der Waals surface area contributed by atoms with E-state index in [2.05, 4.69) is 23.7 Å². The molecule has 10 nitrogen and oxygen atoms in total. The van der Waals surface area contributed by atoms with E-state index in [9.17, 15) is 85.4 Å². The van der Waals surface area contributed by atoms with Crippen molar-refractivity contribution in [2.24, 2.45) is 28.1 Å². The molecule has 0 amide bonds. The van der Waals surface area contributed by atoms with Crippen LogP contribution >= 0.6 is 0 Å². The molecule has 0 aromatic carbocycles. The Bertz CT molecular complexity index is 1340. The van der Waals surface area contributed by atoms with Crippen LogP contribution in [0.25, 0.3) is 0 Å². The van der Waals surface area contributed by atoms with Crippen LogP contribution in [-0.4, -0.2) is 93.0 Å². The fraction of sp³-hybridized carbons (Fsp3) is 0.875. The molecule has 0 radical (unpaired) electrons. The molecule has 0 heterocycles. The summed E-state index contributed by atoms with van der Waals surface area (Å²) in [7, 11) is 0. The molecule has 0 aromatic heterocycles. The Labute approximate surface area is 366 Å². The van der Waals surface area contributed by atoms with Gasteiger partial charge in [0.15, 0.2) is 32.1 Å². The van der Waals surface area contributed by atoms with Gasteiger partial charge >= 0.3 is 54.6 Å². The first-order valence-corrected chi connectivity index (χ1v) is 19.8. The van der Waals surface area contributed by atoms with E-state index in [4.69, 9.17) is 0 Å². The van der Waals surface area contributed by atoms with E-state index in [1.54, 1.807) is 76.2 Å². The highest BCUT2D eigenvalue weighted by molar-refractivity contribution is 5.77. The average Bonchev–Trinajstić information content (AvgIpc) is 3.17. The van der Waals surface area contributed by atoms with Gasteiger partial charge in [-0.2, -0.15) is 57.1 Å². The van der Waals surface area contributed by atoms with Gasteiger partial charge in [-0.05, 0) is 87.5 Å². The summed E-state index contributed by atoms with van der Waals surface area (Å²) in [5.41, 5.74) is -2.44. The van der Waals surface area contributed by atoms with E-state index in [0.29, 0.717) is 32.1 Å². The van der Waals surface area contributed by atoms with Crippen LogP contribution in [-0.2, 0) is 47.7 Å². The van der Waals surface area contributed by atoms with Gasteiger partial charge in [0.1, 0.15) is 0 Å². The number of hydrogen-bond donors (Lipinski definition) is 0. The van der Waals surface area contributed by atoms with Crippen molar-refractivity contribution in [3.05, 3.63) is 0 Å². The number of rotatable bonds is 16. The predicted molar refractivity (Wildman–Crippen MR) is 205 cm³/mol. The lowest BCUT2D eigenvalue weighted by molar-refractivity contribution is -0.221. The summed E-state index contributed by atoms with van der Waals surface area (Å²) < 4.78 is 186. The normalized spacial score (nSPS) is 14.5. The van der Waals surface area contributed by atoms with Crippen molar-refractivity contribution in [2.75, 3.05) is 19.9 Å². The molecule has 64 heavy (non-hydrogen) atoms. The second kappa shape index (κ2) is 30.6. The zero-order chi connectivity index (χ0) is 52.5. The fourth-order valence-corrected chi connectivity index (χ4v) is 2.46. The monoisotopic (exact) mass is 972 g/mol. The zero-order valence-corrected chi connectivity index (χ0v) is 38.9. The number of ether oxygens (including phenoxy) is 5. The standard InChI is InChI=1S/C9H15F3O2.2C8H13F3O2.C8H14F2O2.C7H11F3O2/c1-5-8(3,4)7(13)14-6(2)9(10,11)12;1-4-7(2,3)6(12)13-5-8(9,10)11;1-4-5(2)7(12)13-6(3)8(9,10)11;1-4-8(2,3)7(11)12-6(10)5-9;1-3-5(2)6(11)12-4-7(8,9)10/h6H,5H2,1-4H3;4-5H2,1-3H3;5-6H,4H2,1-3H3;6H,4-5H2,1-3H3;5H,3-4H2,1-2H3. The molecule has 24 heteroatoms. The van der Waals surface area contributed by atoms with Crippen molar-refractivity contribution in [2.45, 2.75) is 179 Å². The molecule has 0 N–H and O–H groups in total. The van der Waals surface area contributed by atoms with Crippen molar-refractivity contribution in [3.63, 3.8) is 0 Å². The fourth-order valence-electron chi connectivity index (χ4n) is 2.46. The summed E-state index contributed by atoms with van der Waals surface area (Å²) in [6.07, 6.45) is -21.6. The number of alkyl halides is 14. The van der Waals surface area contributed by atoms with Crippen molar-refractivity contribution in [1.29, 1.82) is 0 Å². The summed E-state index contributed by atoms with van der Waals surface area (Å²) in [5, 5.41) is 0. The van der Waals surface area contributed by atoms with E-state index >= 15 is 0 Å². The second-order valence-corrected chi connectivity index (χ2v) is 15.9. The van der Waals surface area contributed by atoms with Crippen LogP contribution in [0.5, 0.6) is 0 Å². The van der Waals surface area contributed by atoms with Gasteiger partial charge in [-0.25, -0.2) is 4.39 Å². The van der Waals surface area contributed by atoms with Gasteiger partial charge in [0.2, 0.25) is 0 Å². The second-order valence-electron chi connectivity index (χ2n) is 15.9. The van der Waals surface area contributed by atoms with Crippen molar-refractivity contribution >= 4 is 29.8 Å². The molecule has 0 aromatic rings. The van der Waals surface area contributed by atoms with Gasteiger partial charge in [-0.15, -0.1) is 0 Å². The molecular formula is C40H66F14O10. The Morgan fingerprint density at radius 3 is 1.05 bits per heavy atom. The maximum Gasteiger partial charge on any atom is 0.425 e. The summed E-state index contributed by atoms with van der Waals surface area (Å²) in [5.74, 6) is -4.87. The van der Waals surface area contributed by atoms with Crippen LogP contribution < -0.4 is 0 Å². The summed E-state index contributed by atoms with van der Waals surface area (Å²) in [4.78, 5) is 54.9. The van der Waals surface area contributed by atoms with E-state index < -0.39 is 121 Å². The van der Waals surface area contributed by atoms with Crippen LogP contribution in [0.15, 0.2) is 0 Å². The van der Waals surface area contributed by atoms with Gasteiger partial charge in [-0.1, -0.05) is 48.5 Å². The lowest BCUT2D eigenvalue weighted by Crippen LogP contribution is -2.36. The average molecular weight is 973 g/mol. The molecule has 0 spiro atoms. The first-order chi connectivity index (χ1) is 28.4. The smallest absolute Gasteiger partial charge is 0.425 e. The van der Waals surface area contributed by atoms with E-state index in [1.165, 1.54) is 13.8 Å². The Kier molecular flexibility index (Phi) is 33.1. The van der Waals surface area contributed by atoms with Gasteiger partial charge in [0, 0.05) is 0 Å². The lowest BCUT2D eigenvalue weighted by Gasteiger charge is -2.24. The van der Waals surface area contributed by atoms with E-state index in [0.717, 1.165) is 13.8 Å². The Morgan fingerprint density at radius 1 is 0.453 bits per heavy atom. The molecule has 0 aliphatic rings. The zero-order valence-electron chi connectivity index (χ0n) is 38.9. The Morgan fingerprint density at radius 2 is 0.750 bits per heavy atom. The summed E-state index contributed by atoms with van der Waals surface area (Å²) >= 11 is 0. The Balaban J connectivity index is -0.000000227. The van der Waals surface area contributed by atoms with Gasteiger partial charge < -0.3 is 23.7 Å². The van der Waals surface area contributed by atoms with Crippen LogP contribution in [0, 0.1) is 28.1 Å². The molecule has 5 unspecified atom stereocenters. The molecule has 0 bridgehead atoms. The van der Waals surface area contributed by atoms with Crippen LogP contribution in [0.3, 0.4) is 0 Å². The van der Waals surface area contributed by atoms with E-state index in [-0.39, 0.29) is 0 Å². The predicted octanol–water partition coefficient (Wildman–Crippen LogP) is 12.3. The lowest BCUT2D eigenvalue weighted by atomic mass is 9.90. The van der Waals surface area contributed by atoms with Gasteiger partial charge in [0.25, 0.3) is 6.36 Å². The third-order valence-corrected chi connectivity index (χ3v) is 8.94. The maximum atomic E-state index is 12.2. The topological polar surface area (TPSA) is 132 Å². The van der Waals surface area contributed by atoms with Crippen molar-refractivity contribution < 1.29 is 109 Å². The van der Waals surface area contributed by atoms with Crippen molar-refractivity contribution in [1.82, 2.24) is 0 Å². The van der Waals surface area contributed by atoms with Gasteiger partial charge in [0.05, 0.1) is 28.1 Å². The number of esters is 5. The number of halogens is 14. The highest BCUT2D eigenvalue weighted by atomic mass is 19.4. The molecule has 0 aliphatic carbocycles. The highest BCUT2D eigenvalue weighted by Crippen LogP contribution is 2.28. The summed E-state index contributed by atoms with van der Waals surface area (Å²) in [6, 6.07) is 0. The number of carbonyl (C=O) groups excluding carboxylic acids is 5. The minimum Gasteiger partial charge on any atom is -0.456 e. The molecule has 0 saturated carbocycles. The van der Waals surface area contributed by atoms with E-state index in [1.807, 2.05) is 0 Å². The highest BCUT2D eigenvalue weighted by Gasteiger charge is 2.42. The number of carbonyl (C=O) groups is 5.